The second-order valence-corrected chi connectivity index (χ2v) is 19.2. The normalized spacial score (nSPS) is 12.5. The first-order valence-electron chi connectivity index (χ1n) is 26.8. The Labute approximate surface area is 374 Å². The van der Waals surface area contributed by atoms with E-state index in [0.717, 1.165) is 69.6 Å². The predicted octanol–water partition coefficient (Wildman–Crippen LogP) is 17.3. The Balaban J connectivity index is 4.14. The van der Waals surface area contributed by atoms with Gasteiger partial charge in [-0.15, -0.1) is 0 Å². The third kappa shape index (κ3) is 45.9. The second kappa shape index (κ2) is 46.9. The predicted molar refractivity (Wildman–Crippen MR) is 256 cm³/mol. The fourth-order valence-corrected chi connectivity index (χ4v) is 8.13. The molecule has 0 aliphatic rings. The summed E-state index contributed by atoms with van der Waals surface area (Å²) >= 11 is 0. The lowest BCUT2D eigenvalue weighted by atomic mass is 9.99. The molecule has 0 aromatic heterocycles. The lowest BCUT2D eigenvalue weighted by Crippen LogP contribution is -2.30. The van der Waals surface area contributed by atoms with Gasteiger partial charge in [-0.2, -0.15) is 0 Å². The molecule has 0 fully saturated rings. The Morgan fingerprint density at radius 2 is 0.633 bits per heavy atom. The fraction of sp³-hybridized carbons (Fsp3) is 0.944. The highest BCUT2D eigenvalue weighted by atomic mass is 16.6. The number of hydrogen-bond donors (Lipinski definition) is 0. The number of rotatable bonds is 48. The highest BCUT2D eigenvalue weighted by Crippen LogP contribution is 2.18. The van der Waals surface area contributed by atoms with E-state index in [1.165, 1.54) is 186 Å². The quantitative estimate of drug-likeness (QED) is 0.0345. The summed E-state index contributed by atoms with van der Waals surface area (Å²) in [5.74, 6) is 0.840. The average Bonchev–Trinajstić information content (AvgIpc) is 3.23. The Morgan fingerprint density at radius 1 is 0.350 bits per heavy atom. The molecule has 0 spiro atoms. The number of unbranched alkanes of at least 4 members (excludes halogenated alkanes) is 32. The smallest absolute Gasteiger partial charge is 0.306 e. The minimum Gasteiger partial charge on any atom is -0.462 e. The molecule has 0 radical (unpaired) electrons. The van der Waals surface area contributed by atoms with Gasteiger partial charge in [0.25, 0.3) is 0 Å². The van der Waals surface area contributed by atoms with Crippen molar-refractivity contribution in [3.05, 3.63) is 0 Å². The molecule has 6 heteroatoms. The van der Waals surface area contributed by atoms with Crippen LogP contribution in [0.1, 0.15) is 298 Å². The first-order valence-corrected chi connectivity index (χ1v) is 26.8. The molecule has 0 saturated carbocycles. The van der Waals surface area contributed by atoms with Crippen LogP contribution in [0.15, 0.2) is 0 Å². The van der Waals surface area contributed by atoms with Crippen molar-refractivity contribution in [2.24, 2.45) is 11.8 Å². The largest absolute Gasteiger partial charge is 0.462 e. The molecule has 60 heavy (non-hydrogen) atoms. The molecule has 0 aliphatic carbocycles. The van der Waals surface area contributed by atoms with Crippen molar-refractivity contribution < 1.29 is 28.6 Å². The summed E-state index contributed by atoms with van der Waals surface area (Å²) in [6.07, 6.45) is 48.2. The van der Waals surface area contributed by atoms with Crippen molar-refractivity contribution in [3.8, 4) is 0 Å². The molecule has 0 aromatic rings. The van der Waals surface area contributed by atoms with Crippen molar-refractivity contribution in [3.63, 3.8) is 0 Å². The highest BCUT2D eigenvalue weighted by Gasteiger charge is 2.19. The molecule has 0 heterocycles. The van der Waals surface area contributed by atoms with Gasteiger partial charge in [-0.3, -0.25) is 14.4 Å². The molecule has 1 unspecified atom stereocenters. The Morgan fingerprint density at radius 3 is 0.950 bits per heavy atom. The van der Waals surface area contributed by atoms with Crippen LogP contribution in [-0.4, -0.2) is 37.2 Å². The van der Waals surface area contributed by atoms with Gasteiger partial charge in [0, 0.05) is 19.3 Å². The molecular formula is C54H104O6. The van der Waals surface area contributed by atoms with Crippen LogP contribution in [0, 0.1) is 11.8 Å². The van der Waals surface area contributed by atoms with Crippen LogP contribution in [0.3, 0.4) is 0 Å². The molecule has 0 saturated heterocycles. The fourth-order valence-electron chi connectivity index (χ4n) is 8.13. The van der Waals surface area contributed by atoms with Crippen LogP contribution >= 0.6 is 0 Å². The molecule has 2 atom stereocenters. The molecule has 0 amide bonds. The van der Waals surface area contributed by atoms with Crippen molar-refractivity contribution >= 4 is 17.9 Å². The van der Waals surface area contributed by atoms with E-state index in [4.69, 9.17) is 14.2 Å². The van der Waals surface area contributed by atoms with Gasteiger partial charge in [0.15, 0.2) is 6.10 Å². The van der Waals surface area contributed by atoms with Crippen LogP contribution < -0.4 is 0 Å². The van der Waals surface area contributed by atoms with Crippen molar-refractivity contribution in [1.29, 1.82) is 0 Å². The molecule has 0 aliphatic heterocycles. The number of carbonyl (C=O) groups excluding carboxylic acids is 3. The topological polar surface area (TPSA) is 78.9 Å². The second-order valence-electron chi connectivity index (χ2n) is 19.2. The van der Waals surface area contributed by atoms with Gasteiger partial charge >= 0.3 is 17.9 Å². The standard InChI is InChI=1S/C54H104O6/c1-6-8-9-10-11-12-24-30-36-41-46-54(57)60-51(48-59-53(56)45-40-35-31-26-27-32-37-42-49(3)4)47-58-52(55)44-39-34-29-25-22-20-18-16-14-13-15-17-19-21-23-28-33-38-43-50(5)7-2/h49-51H,6-48H2,1-5H3/t50?,51-/m1/s1. The molecular weight excluding hydrogens is 745 g/mol. The van der Waals surface area contributed by atoms with E-state index < -0.39 is 6.10 Å². The minimum atomic E-state index is -0.761. The van der Waals surface area contributed by atoms with Gasteiger partial charge in [0.1, 0.15) is 13.2 Å². The summed E-state index contributed by atoms with van der Waals surface area (Å²) < 4.78 is 16.8. The molecule has 0 aromatic carbocycles. The molecule has 0 bridgehead atoms. The summed E-state index contributed by atoms with van der Waals surface area (Å²) in [6, 6.07) is 0. The zero-order chi connectivity index (χ0) is 44.0. The van der Waals surface area contributed by atoms with Crippen molar-refractivity contribution in [2.75, 3.05) is 13.2 Å². The number of hydrogen-bond acceptors (Lipinski definition) is 6. The average molecular weight is 849 g/mol. The van der Waals surface area contributed by atoms with Gasteiger partial charge < -0.3 is 14.2 Å². The van der Waals surface area contributed by atoms with Crippen molar-refractivity contribution in [1.82, 2.24) is 0 Å². The van der Waals surface area contributed by atoms with E-state index in [2.05, 4.69) is 34.6 Å². The van der Waals surface area contributed by atoms with E-state index in [1.54, 1.807) is 0 Å². The van der Waals surface area contributed by atoms with Gasteiger partial charge in [-0.25, -0.2) is 0 Å². The number of esters is 3. The summed E-state index contributed by atoms with van der Waals surface area (Å²) in [7, 11) is 0. The van der Waals surface area contributed by atoms with Gasteiger partial charge in [0.2, 0.25) is 0 Å². The first-order chi connectivity index (χ1) is 29.3. The van der Waals surface area contributed by atoms with Crippen LogP contribution in [0.2, 0.25) is 0 Å². The van der Waals surface area contributed by atoms with E-state index in [9.17, 15) is 14.4 Å². The van der Waals surface area contributed by atoms with Gasteiger partial charge in [0.05, 0.1) is 0 Å². The number of carbonyl (C=O) groups is 3. The summed E-state index contributed by atoms with van der Waals surface area (Å²) in [5.41, 5.74) is 0. The van der Waals surface area contributed by atoms with Crippen LogP contribution in [0.25, 0.3) is 0 Å². The zero-order valence-corrected chi connectivity index (χ0v) is 41.1. The maximum Gasteiger partial charge on any atom is 0.306 e. The molecule has 0 rings (SSSR count). The summed E-state index contributed by atoms with van der Waals surface area (Å²) in [4.78, 5) is 37.8. The lowest BCUT2D eigenvalue weighted by Gasteiger charge is -2.18. The third-order valence-electron chi connectivity index (χ3n) is 12.6. The first kappa shape index (κ1) is 58.4. The van der Waals surface area contributed by atoms with E-state index in [0.29, 0.717) is 19.3 Å². The van der Waals surface area contributed by atoms with E-state index in [1.807, 2.05) is 0 Å². The van der Waals surface area contributed by atoms with E-state index in [-0.39, 0.29) is 31.1 Å². The Hall–Kier alpha value is -1.59. The van der Waals surface area contributed by atoms with Gasteiger partial charge in [-0.05, 0) is 31.1 Å². The lowest BCUT2D eigenvalue weighted by molar-refractivity contribution is -0.167. The maximum atomic E-state index is 12.7. The van der Waals surface area contributed by atoms with E-state index >= 15 is 0 Å². The number of ether oxygens (including phenoxy) is 3. The zero-order valence-electron chi connectivity index (χ0n) is 41.1. The van der Waals surface area contributed by atoms with Crippen LogP contribution in [0.5, 0.6) is 0 Å². The Kier molecular flexibility index (Phi) is 45.7. The molecule has 356 valence electrons. The molecule has 0 N–H and O–H groups in total. The summed E-state index contributed by atoms with van der Waals surface area (Å²) in [5, 5.41) is 0. The molecule has 6 nitrogen and oxygen atoms in total. The Bertz CT molecular complexity index is 918. The SMILES string of the molecule is CCCCCCCCCCCCC(=O)O[C@H](COC(=O)CCCCCCCCCCCCCCCCCCCCC(C)CC)COC(=O)CCCCCCCCCC(C)C. The monoisotopic (exact) mass is 849 g/mol. The minimum absolute atomic E-state index is 0.0641. The summed E-state index contributed by atoms with van der Waals surface area (Å²) in [6.45, 7) is 11.4. The highest BCUT2D eigenvalue weighted by molar-refractivity contribution is 5.71. The maximum absolute atomic E-state index is 12.7. The van der Waals surface area contributed by atoms with Crippen LogP contribution in [-0.2, 0) is 28.6 Å². The van der Waals surface area contributed by atoms with Gasteiger partial charge in [-0.1, -0.05) is 259 Å². The van der Waals surface area contributed by atoms with Crippen LogP contribution in [0.4, 0.5) is 0 Å². The third-order valence-corrected chi connectivity index (χ3v) is 12.6. The van der Waals surface area contributed by atoms with Crippen molar-refractivity contribution in [2.45, 2.75) is 304 Å².